The van der Waals surface area contributed by atoms with Crippen molar-refractivity contribution in [2.24, 2.45) is 0 Å². The van der Waals surface area contributed by atoms with Crippen LogP contribution >= 0.6 is 11.6 Å². The standard InChI is InChI=1S/C28H31ClFN5O4/c1-4-20(37)33-12-13-34-16(14-33)15-39-25-22(27(34)38)26(35-10-8-19-28(35,2)9-11-32(19)3)31-24(23(25)29)21-17(30)6-5-7-18(21)36/h4-7,16,19,36H,1,8-15H2,2-3H3/t16-,19+,28-/m1/s1. The smallest absolute Gasteiger partial charge is 0.261 e. The molecule has 6 rings (SSSR count). The van der Waals surface area contributed by atoms with Crippen LogP contribution in [0.3, 0.4) is 0 Å². The predicted molar refractivity (Wildman–Crippen MR) is 145 cm³/mol. The quantitative estimate of drug-likeness (QED) is 0.582. The Morgan fingerprint density at radius 1 is 1.28 bits per heavy atom. The first-order valence-corrected chi connectivity index (χ1v) is 13.6. The molecule has 1 N–H and O–H groups in total. The van der Waals surface area contributed by atoms with Gasteiger partial charge < -0.3 is 29.4 Å². The van der Waals surface area contributed by atoms with Gasteiger partial charge in [0.1, 0.15) is 40.3 Å². The van der Waals surface area contributed by atoms with Crippen LogP contribution < -0.4 is 9.64 Å². The van der Waals surface area contributed by atoms with Crippen LogP contribution in [0.25, 0.3) is 11.3 Å². The molecule has 9 nitrogen and oxygen atoms in total. The predicted octanol–water partition coefficient (Wildman–Crippen LogP) is 3.15. The van der Waals surface area contributed by atoms with Crippen LogP contribution in [-0.2, 0) is 4.79 Å². The van der Waals surface area contributed by atoms with Crippen molar-refractivity contribution >= 4 is 29.2 Å². The minimum absolute atomic E-state index is 0.0237. The first kappa shape index (κ1) is 25.9. The molecule has 1 aromatic carbocycles. The van der Waals surface area contributed by atoms with Gasteiger partial charge in [0.15, 0.2) is 5.75 Å². The van der Waals surface area contributed by atoms with E-state index in [1.54, 1.807) is 9.80 Å². The van der Waals surface area contributed by atoms with E-state index < -0.39 is 11.9 Å². The summed E-state index contributed by atoms with van der Waals surface area (Å²) in [7, 11) is 2.10. The number of nitrogens with zero attached hydrogens (tertiary/aromatic N) is 5. The third-order valence-electron chi connectivity index (χ3n) is 8.89. The Kier molecular flexibility index (Phi) is 6.22. The number of aromatic hydroxyl groups is 1. The van der Waals surface area contributed by atoms with Gasteiger partial charge in [0.2, 0.25) is 5.91 Å². The molecule has 2 aromatic rings. The van der Waals surface area contributed by atoms with E-state index >= 15 is 4.39 Å². The molecule has 1 aromatic heterocycles. The fourth-order valence-corrected chi connectivity index (χ4v) is 7.07. The van der Waals surface area contributed by atoms with Gasteiger partial charge in [-0.2, -0.15) is 0 Å². The summed E-state index contributed by atoms with van der Waals surface area (Å²) >= 11 is 6.85. The second kappa shape index (κ2) is 9.38. The number of benzene rings is 1. The van der Waals surface area contributed by atoms with Gasteiger partial charge in [-0.3, -0.25) is 9.59 Å². The maximum atomic E-state index is 15.1. The van der Waals surface area contributed by atoms with Gasteiger partial charge >= 0.3 is 0 Å². The lowest BCUT2D eigenvalue weighted by atomic mass is 9.93. The van der Waals surface area contributed by atoms with E-state index in [0.29, 0.717) is 32.0 Å². The number of rotatable bonds is 3. The van der Waals surface area contributed by atoms with Crippen molar-refractivity contribution in [3.63, 3.8) is 0 Å². The number of phenols is 1. The van der Waals surface area contributed by atoms with Crippen molar-refractivity contribution < 1.29 is 23.8 Å². The molecule has 4 aliphatic heterocycles. The first-order chi connectivity index (χ1) is 18.7. The van der Waals surface area contributed by atoms with Gasteiger partial charge in [-0.1, -0.05) is 24.2 Å². The molecular formula is C28H31ClFN5O4. The average Bonchev–Trinajstić information content (AvgIpc) is 3.36. The van der Waals surface area contributed by atoms with Crippen LogP contribution in [0.15, 0.2) is 30.9 Å². The SMILES string of the molecule is C=CC(=O)N1CCN2C(=O)c3c(N4CC[C@@H]5N(C)CC[C@]54C)nc(-c4c(O)cccc4F)c(Cl)c3OC[C@H]2C1. The Labute approximate surface area is 231 Å². The Balaban J connectivity index is 1.53. The highest BCUT2D eigenvalue weighted by atomic mass is 35.5. The molecule has 3 saturated heterocycles. The number of likely N-dealkylation sites (N-methyl/N-ethyl adjacent to an activating group) is 1. The average molecular weight is 556 g/mol. The number of halogens is 2. The monoisotopic (exact) mass is 555 g/mol. The molecule has 5 heterocycles. The van der Waals surface area contributed by atoms with E-state index in [0.717, 1.165) is 19.4 Å². The number of phenolic OH excluding ortho intramolecular Hbond substituents is 1. The highest BCUT2D eigenvalue weighted by Gasteiger charge is 2.53. The van der Waals surface area contributed by atoms with E-state index in [4.69, 9.17) is 21.3 Å². The Hall–Kier alpha value is -3.37. The summed E-state index contributed by atoms with van der Waals surface area (Å²) in [5, 5.41) is 10.6. The molecule has 0 unspecified atom stereocenters. The molecule has 39 heavy (non-hydrogen) atoms. The topological polar surface area (TPSA) is 89.5 Å². The minimum atomic E-state index is -0.683. The lowest BCUT2D eigenvalue weighted by molar-refractivity contribution is -0.128. The number of anilines is 1. The van der Waals surface area contributed by atoms with Crippen molar-refractivity contribution in [3.05, 3.63) is 47.3 Å². The molecule has 206 valence electrons. The van der Waals surface area contributed by atoms with Crippen LogP contribution in [0.4, 0.5) is 10.2 Å². The molecule has 3 fully saturated rings. The zero-order valence-electron chi connectivity index (χ0n) is 22.0. The second-order valence-corrected chi connectivity index (χ2v) is 11.3. The van der Waals surface area contributed by atoms with E-state index in [1.165, 1.54) is 24.3 Å². The van der Waals surface area contributed by atoms with Gasteiger partial charge in [-0.25, -0.2) is 9.37 Å². The van der Waals surface area contributed by atoms with Crippen molar-refractivity contribution in [1.29, 1.82) is 0 Å². The Bertz CT molecular complexity index is 1370. The summed E-state index contributed by atoms with van der Waals surface area (Å²) in [6.07, 6.45) is 3.01. The molecule has 0 radical (unpaired) electrons. The van der Waals surface area contributed by atoms with Crippen LogP contribution in [0.2, 0.25) is 5.02 Å². The van der Waals surface area contributed by atoms with Gasteiger partial charge in [0.05, 0.1) is 17.1 Å². The first-order valence-electron chi connectivity index (χ1n) is 13.2. The number of carbonyl (C=O) groups is 2. The summed E-state index contributed by atoms with van der Waals surface area (Å²) in [5.74, 6) is -0.982. The molecule has 11 heteroatoms. The summed E-state index contributed by atoms with van der Waals surface area (Å²) < 4.78 is 21.4. The van der Waals surface area contributed by atoms with E-state index in [-0.39, 0.29) is 63.3 Å². The van der Waals surface area contributed by atoms with Gasteiger partial charge in [0, 0.05) is 38.8 Å². The maximum Gasteiger partial charge on any atom is 0.261 e. The van der Waals surface area contributed by atoms with Gasteiger partial charge in [-0.05, 0) is 45.0 Å². The summed E-state index contributed by atoms with van der Waals surface area (Å²) in [4.78, 5) is 39.2. The van der Waals surface area contributed by atoms with Crippen molar-refractivity contribution in [3.8, 4) is 22.8 Å². The van der Waals surface area contributed by atoms with Crippen LogP contribution in [0.5, 0.6) is 11.5 Å². The molecular weight excluding hydrogens is 525 g/mol. The number of piperazine rings is 1. The Morgan fingerprint density at radius 3 is 2.82 bits per heavy atom. The number of ether oxygens (including phenoxy) is 1. The summed E-state index contributed by atoms with van der Waals surface area (Å²) in [6, 6.07) is 3.87. The number of aromatic nitrogens is 1. The number of amides is 2. The number of pyridine rings is 1. The maximum absolute atomic E-state index is 15.1. The third-order valence-corrected chi connectivity index (χ3v) is 9.24. The molecule has 2 amide bonds. The number of likely N-dealkylation sites (tertiary alicyclic amines) is 1. The van der Waals surface area contributed by atoms with Gasteiger partial charge in [-0.15, -0.1) is 0 Å². The molecule has 0 spiro atoms. The molecule has 0 bridgehead atoms. The zero-order chi connectivity index (χ0) is 27.6. The Morgan fingerprint density at radius 2 is 2.08 bits per heavy atom. The van der Waals surface area contributed by atoms with Crippen molar-refractivity contribution in [2.45, 2.75) is 37.4 Å². The normalized spacial score (nSPS) is 26.6. The number of hydrogen-bond donors (Lipinski definition) is 1. The lowest BCUT2D eigenvalue weighted by Crippen LogP contribution is -2.57. The van der Waals surface area contributed by atoms with E-state index in [9.17, 15) is 14.7 Å². The largest absolute Gasteiger partial charge is 0.507 e. The summed E-state index contributed by atoms with van der Waals surface area (Å²) in [5.41, 5.74) is -0.187. The third kappa shape index (κ3) is 3.87. The van der Waals surface area contributed by atoms with Crippen LogP contribution in [-0.4, -0.2) is 101 Å². The number of fused-ring (bicyclic) bond motifs is 3. The highest BCUT2D eigenvalue weighted by Crippen LogP contribution is 2.50. The van der Waals surface area contributed by atoms with Gasteiger partial charge in [0.25, 0.3) is 5.91 Å². The van der Waals surface area contributed by atoms with Crippen LogP contribution in [0, 0.1) is 5.82 Å². The lowest BCUT2D eigenvalue weighted by Gasteiger charge is -2.40. The minimum Gasteiger partial charge on any atom is -0.507 e. The number of hydrogen-bond acceptors (Lipinski definition) is 7. The molecule has 0 aliphatic carbocycles. The molecule has 0 saturated carbocycles. The van der Waals surface area contributed by atoms with Crippen molar-refractivity contribution in [2.75, 3.05) is 51.3 Å². The fourth-order valence-electron chi connectivity index (χ4n) is 6.78. The molecule has 4 aliphatic rings. The van der Waals surface area contributed by atoms with Crippen molar-refractivity contribution in [1.82, 2.24) is 19.7 Å². The summed E-state index contributed by atoms with van der Waals surface area (Å²) in [6.45, 7) is 8.37. The number of carbonyl (C=O) groups excluding carboxylic acids is 2. The van der Waals surface area contributed by atoms with E-state index in [1.807, 2.05) is 0 Å². The molecule has 3 atom stereocenters. The van der Waals surface area contributed by atoms with Crippen LogP contribution in [0.1, 0.15) is 30.1 Å². The highest BCUT2D eigenvalue weighted by molar-refractivity contribution is 6.35. The fraction of sp³-hybridized carbons (Fsp3) is 0.464. The van der Waals surface area contributed by atoms with E-state index in [2.05, 4.69) is 30.4 Å². The second-order valence-electron chi connectivity index (χ2n) is 10.9. The zero-order valence-corrected chi connectivity index (χ0v) is 22.7.